The highest BCUT2D eigenvalue weighted by molar-refractivity contribution is 5.93. The molecule has 0 saturated carbocycles. The second-order valence-corrected chi connectivity index (χ2v) is 9.43. The number of piperidine rings is 1. The Morgan fingerprint density at radius 1 is 1.11 bits per heavy atom. The number of rotatable bonds is 8. The molecule has 180 valence electrons. The molecule has 1 aliphatic rings. The van der Waals surface area contributed by atoms with Crippen LogP contribution in [0, 0.1) is 5.92 Å². The second kappa shape index (κ2) is 10.7. The van der Waals surface area contributed by atoms with Gasteiger partial charge in [-0.25, -0.2) is 0 Å². The number of pyridine rings is 1. The summed E-state index contributed by atoms with van der Waals surface area (Å²) >= 11 is 0. The van der Waals surface area contributed by atoms with Crippen molar-refractivity contribution >= 4 is 16.8 Å². The summed E-state index contributed by atoms with van der Waals surface area (Å²) < 4.78 is 11.2. The van der Waals surface area contributed by atoms with Crippen LogP contribution in [0.15, 0.2) is 83.8 Å². The van der Waals surface area contributed by atoms with E-state index in [2.05, 4.69) is 59.4 Å². The van der Waals surface area contributed by atoms with E-state index in [4.69, 9.17) is 9.15 Å². The first kappa shape index (κ1) is 23.1. The largest absolute Gasteiger partial charge is 0.493 e. The summed E-state index contributed by atoms with van der Waals surface area (Å²) in [5, 5.41) is 1.17. The first-order valence-corrected chi connectivity index (χ1v) is 12.2. The van der Waals surface area contributed by atoms with E-state index in [-0.39, 0.29) is 5.91 Å². The van der Waals surface area contributed by atoms with Gasteiger partial charge in [-0.3, -0.25) is 14.7 Å². The molecule has 2 aromatic heterocycles. The maximum atomic E-state index is 12.6. The Kier molecular flexibility index (Phi) is 7.09. The van der Waals surface area contributed by atoms with Gasteiger partial charge in [0.05, 0.1) is 24.0 Å². The van der Waals surface area contributed by atoms with E-state index in [9.17, 15) is 4.79 Å². The molecule has 2 aromatic carbocycles. The Balaban J connectivity index is 1.14. The number of hydrogen-bond acceptors (Lipinski definition) is 5. The van der Waals surface area contributed by atoms with Crippen LogP contribution in [0.2, 0.25) is 0 Å². The summed E-state index contributed by atoms with van der Waals surface area (Å²) in [4.78, 5) is 21.3. The molecule has 35 heavy (non-hydrogen) atoms. The van der Waals surface area contributed by atoms with Crippen molar-refractivity contribution in [1.82, 2.24) is 14.8 Å². The third kappa shape index (κ3) is 5.89. The Morgan fingerprint density at radius 3 is 2.86 bits per heavy atom. The lowest BCUT2D eigenvalue weighted by Gasteiger charge is -2.32. The molecule has 0 N–H and O–H groups in total. The van der Waals surface area contributed by atoms with Crippen LogP contribution >= 0.6 is 0 Å². The molecular weight excluding hydrogens is 438 g/mol. The minimum Gasteiger partial charge on any atom is -0.493 e. The molecule has 1 aliphatic heterocycles. The minimum absolute atomic E-state index is 0.0381. The number of benzene rings is 2. The summed E-state index contributed by atoms with van der Waals surface area (Å²) in [7, 11) is 2.13. The molecule has 0 spiro atoms. The number of furan rings is 1. The molecule has 6 nitrogen and oxygen atoms in total. The predicted octanol–water partition coefficient (Wildman–Crippen LogP) is 5.39. The van der Waals surface area contributed by atoms with Crippen molar-refractivity contribution in [2.24, 2.45) is 5.92 Å². The zero-order chi connectivity index (χ0) is 24.0. The monoisotopic (exact) mass is 469 g/mol. The van der Waals surface area contributed by atoms with Crippen LogP contribution in [-0.2, 0) is 13.1 Å². The average molecular weight is 470 g/mol. The van der Waals surface area contributed by atoms with Crippen molar-refractivity contribution in [3.63, 3.8) is 0 Å². The Morgan fingerprint density at radius 2 is 2.00 bits per heavy atom. The molecule has 0 radical (unpaired) electrons. The molecule has 4 aromatic rings. The van der Waals surface area contributed by atoms with Crippen LogP contribution in [0.5, 0.6) is 5.75 Å². The van der Waals surface area contributed by atoms with E-state index in [1.807, 2.05) is 23.2 Å². The van der Waals surface area contributed by atoms with E-state index < -0.39 is 0 Å². The number of amides is 1. The minimum atomic E-state index is 0.0381. The molecule has 1 fully saturated rings. The number of hydrogen-bond donors (Lipinski definition) is 0. The normalized spacial score (nSPS) is 16.1. The first-order chi connectivity index (χ1) is 17.1. The average Bonchev–Trinajstić information content (AvgIpc) is 3.42. The van der Waals surface area contributed by atoms with Crippen LogP contribution < -0.4 is 4.74 Å². The fraction of sp³-hybridized carbons (Fsp3) is 0.310. The highest BCUT2D eigenvalue weighted by Gasteiger charge is 2.25. The molecule has 0 unspecified atom stereocenters. The van der Waals surface area contributed by atoms with Gasteiger partial charge in [-0.1, -0.05) is 24.3 Å². The van der Waals surface area contributed by atoms with Crippen LogP contribution in [0.1, 0.15) is 34.3 Å². The van der Waals surface area contributed by atoms with Crippen LogP contribution in [0.25, 0.3) is 10.9 Å². The van der Waals surface area contributed by atoms with Gasteiger partial charge >= 0.3 is 0 Å². The summed E-state index contributed by atoms with van der Waals surface area (Å²) in [6.45, 7) is 3.81. The van der Waals surface area contributed by atoms with Gasteiger partial charge in [0.25, 0.3) is 5.91 Å². The molecule has 0 aliphatic carbocycles. The Labute approximate surface area is 206 Å². The van der Waals surface area contributed by atoms with Crippen LogP contribution in [-0.4, -0.2) is 47.4 Å². The summed E-state index contributed by atoms with van der Waals surface area (Å²) in [6.07, 6.45) is 6.95. The lowest BCUT2D eigenvalue weighted by molar-refractivity contribution is 0.0632. The zero-order valence-electron chi connectivity index (χ0n) is 20.1. The SMILES string of the molecule is CN(Cc1cccc(OC[C@H]2CCCN(C(=O)c3ccoc3)C2)c1)Cc1ccc2ncccc2c1. The predicted molar refractivity (Wildman–Crippen MR) is 136 cm³/mol. The number of carbonyl (C=O) groups is 1. The number of fused-ring (bicyclic) bond motifs is 1. The van der Waals surface area contributed by atoms with Gasteiger partial charge in [0.1, 0.15) is 12.0 Å². The van der Waals surface area contributed by atoms with E-state index in [1.54, 1.807) is 12.3 Å². The standard InChI is InChI=1S/C29H31N3O3/c1-31(18-23-9-10-28-25(15-23)7-3-12-30-28)17-22-5-2-8-27(16-22)35-20-24-6-4-13-32(19-24)29(33)26-11-14-34-21-26/h2-3,5,7-12,14-16,21,24H,4,6,13,17-20H2,1H3/t24-/m0/s1. The Hall–Kier alpha value is -3.64. The van der Waals surface area contributed by atoms with Gasteiger partial charge in [0.15, 0.2) is 0 Å². The third-order valence-electron chi connectivity index (χ3n) is 6.53. The molecular formula is C29H31N3O3. The van der Waals surface area contributed by atoms with Crippen molar-refractivity contribution in [1.29, 1.82) is 0 Å². The summed E-state index contributed by atoms with van der Waals surface area (Å²) in [5.74, 6) is 1.25. The Bertz CT molecular complexity index is 1270. The van der Waals surface area contributed by atoms with Crippen LogP contribution in [0.4, 0.5) is 0 Å². The molecule has 5 rings (SSSR count). The van der Waals surface area contributed by atoms with E-state index in [1.165, 1.54) is 22.8 Å². The maximum Gasteiger partial charge on any atom is 0.257 e. The molecule has 1 amide bonds. The van der Waals surface area contributed by atoms with E-state index in [0.717, 1.165) is 43.7 Å². The van der Waals surface area contributed by atoms with E-state index in [0.29, 0.717) is 24.6 Å². The van der Waals surface area contributed by atoms with Crippen molar-refractivity contribution in [2.75, 3.05) is 26.7 Å². The van der Waals surface area contributed by atoms with Gasteiger partial charge in [-0.15, -0.1) is 0 Å². The summed E-state index contributed by atoms with van der Waals surface area (Å²) in [5.41, 5.74) is 4.12. The number of aromatic nitrogens is 1. The number of likely N-dealkylation sites (tertiary alicyclic amines) is 1. The van der Waals surface area contributed by atoms with Gasteiger partial charge in [0, 0.05) is 43.7 Å². The number of ether oxygens (including phenoxy) is 1. The molecule has 6 heteroatoms. The lowest BCUT2D eigenvalue weighted by Crippen LogP contribution is -2.41. The lowest BCUT2D eigenvalue weighted by atomic mass is 9.98. The topological polar surface area (TPSA) is 58.8 Å². The fourth-order valence-corrected chi connectivity index (χ4v) is 4.80. The van der Waals surface area contributed by atoms with Gasteiger partial charge in [-0.05, 0) is 67.4 Å². The van der Waals surface area contributed by atoms with Crippen molar-refractivity contribution in [2.45, 2.75) is 25.9 Å². The third-order valence-corrected chi connectivity index (χ3v) is 6.53. The highest BCUT2D eigenvalue weighted by Crippen LogP contribution is 2.22. The smallest absolute Gasteiger partial charge is 0.257 e. The number of carbonyl (C=O) groups excluding carboxylic acids is 1. The molecule has 0 bridgehead atoms. The van der Waals surface area contributed by atoms with Crippen molar-refractivity contribution < 1.29 is 13.9 Å². The quantitative estimate of drug-likeness (QED) is 0.346. The summed E-state index contributed by atoms with van der Waals surface area (Å²) in [6, 6.07) is 20.6. The van der Waals surface area contributed by atoms with Crippen molar-refractivity contribution in [3.05, 3.63) is 96.1 Å². The van der Waals surface area contributed by atoms with E-state index >= 15 is 0 Å². The first-order valence-electron chi connectivity index (χ1n) is 12.2. The fourth-order valence-electron chi connectivity index (χ4n) is 4.80. The van der Waals surface area contributed by atoms with Crippen LogP contribution in [0.3, 0.4) is 0 Å². The highest BCUT2D eigenvalue weighted by atomic mass is 16.5. The van der Waals surface area contributed by atoms with Gasteiger partial charge in [0.2, 0.25) is 0 Å². The molecule has 1 saturated heterocycles. The van der Waals surface area contributed by atoms with Crippen molar-refractivity contribution in [3.8, 4) is 5.75 Å². The number of nitrogens with zero attached hydrogens (tertiary/aromatic N) is 3. The molecule has 3 heterocycles. The molecule has 1 atom stereocenters. The maximum absolute atomic E-state index is 12.6. The zero-order valence-corrected chi connectivity index (χ0v) is 20.1. The van der Waals surface area contributed by atoms with Gasteiger partial charge in [-0.2, -0.15) is 0 Å². The second-order valence-electron chi connectivity index (χ2n) is 9.43. The van der Waals surface area contributed by atoms with Gasteiger partial charge < -0.3 is 14.1 Å².